The molecule has 4 nitrogen and oxygen atoms in total. The first-order valence-corrected chi connectivity index (χ1v) is 7.90. The second-order valence-corrected chi connectivity index (χ2v) is 7.13. The van der Waals surface area contributed by atoms with Crippen LogP contribution in [-0.2, 0) is 15.9 Å². The van der Waals surface area contributed by atoms with Crippen LogP contribution in [0.2, 0.25) is 0 Å². The Kier molecular flexibility index (Phi) is 4.94. The molecule has 0 saturated heterocycles. The molecule has 1 aliphatic heterocycles. The molecule has 2 rings (SSSR count). The molecule has 1 aromatic rings. The van der Waals surface area contributed by atoms with Crippen LogP contribution in [0.25, 0.3) is 0 Å². The normalized spacial score (nSPS) is 18.0. The third-order valence-electron chi connectivity index (χ3n) is 3.32. The summed E-state index contributed by atoms with van der Waals surface area (Å²) < 4.78 is 12.3. The first kappa shape index (κ1) is 16.3. The number of rotatable bonds is 2. The van der Waals surface area contributed by atoms with E-state index in [4.69, 9.17) is 9.47 Å². The van der Waals surface area contributed by atoms with Gasteiger partial charge in [0.25, 0.3) is 0 Å². The summed E-state index contributed by atoms with van der Waals surface area (Å²) in [5.74, 6) is 0. The van der Waals surface area contributed by atoms with E-state index in [2.05, 4.69) is 22.0 Å². The predicted molar refractivity (Wildman–Crippen MR) is 85.4 cm³/mol. The van der Waals surface area contributed by atoms with Gasteiger partial charge in [-0.2, -0.15) is 0 Å². The van der Waals surface area contributed by atoms with Crippen molar-refractivity contribution in [2.45, 2.75) is 38.9 Å². The van der Waals surface area contributed by atoms with Crippen molar-refractivity contribution in [3.63, 3.8) is 0 Å². The molecule has 0 fully saturated rings. The summed E-state index contributed by atoms with van der Waals surface area (Å²) in [5, 5.41) is 0. The molecule has 5 heteroatoms. The molecule has 0 N–H and O–H groups in total. The lowest BCUT2D eigenvalue weighted by Crippen LogP contribution is -2.37. The number of carbonyl (C=O) groups excluding carboxylic acids is 1. The van der Waals surface area contributed by atoms with Gasteiger partial charge in [0, 0.05) is 11.5 Å². The average Bonchev–Trinajstić information content (AvgIpc) is 2.38. The van der Waals surface area contributed by atoms with Crippen molar-refractivity contribution in [1.82, 2.24) is 4.90 Å². The topological polar surface area (TPSA) is 38.8 Å². The van der Waals surface area contributed by atoms with E-state index in [9.17, 15) is 4.79 Å². The van der Waals surface area contributed by atoms with Crippen LogP contribution in [-0.4, -0.2) is 36.8 Å². The zero-order chi connectivity index (χ0) is 15.6. The van der Waals surface area contributed by atoms with Crippen molar-refractivity contribution < 1.29 is 14.3 Å². The van der Waals surface area contributed by atoms with E-state index >= 15 is 0 Å². The van der Waals surface area contributed by atoms with E-state index in [1.165, 1.54) is 5.56 Å². The highest BCUT2D eigenvalue weighted by molar-refractivity contribution is 9.10. The molecule has 1 aromatic carbocycles. The molecule has 0 radical (unpaired) electrons. The van der Waals surface area contributed by atoms with Gasteiger partial charge in [0.2, 0.25) is 0 Å². The highest BCUT2D eigenvalue weighted by Crippen LogP contribution is 2.32. The highest BCUT2D eigenvalue weighted by atomic mass is 79.9. The standard InChI is InChI=1S/C16H22BrNO3/c1-16(2,3)21-15(19)18(4)10-14-12-6-5-7-13(17)11(12)8-9-20-14/h5-7,14H,8-10H2,1-4H3/t14-/m0/s1. The van der Waals surface area contributed by atoms with E-state index < -0.39 is 5.60 Å². The number of amides is 1. The van der Waals surface area contributed by atoms with E-state index in [0.29, 0.717) is 13.2 Å². The number of hydrogen-bond donors (Lipinski definition) is 0. The third-order valence-corrected chi connectivity index (χ3v) is 4.06. The van der Waals surface area contributed by atoms with Gasteiger partial charge in [0.15, 0.2) is 0 Å². The minimum absolute atomic E-state index is 0.108. The number of benzene rings is 1. The Hall–Kier alpha value is -1.07. The maximum Gasteiger partial charge on any atom is 0.410 e. The number of nitrogens with zero attached hydrogens (tertiary/aromatic N) is 1. The van der Waals surface area contributed by atoms with Gasteiger partial charge in [-0.25, -0.2) is 4.79 Å². The minimum atomic E-state index is -0.486. The average molecular weight is 356 g/mol. The number of fused-ring (bicyclic) bond motifs is 1. The Labute approximate surface area is 134 Å². The van der Waals surface area contributed by atoms with Gasteiger partial charge in [-0.05, 0) is 44.4 Å². The molecule has 0 aromatic heterocycles. The lowest BCUT2D eigenvalue weighted by molar-refractivity contribution is -0.00173. The third kappa shape index (κ3) is 4.20. The maximum absolute atomic E-state index is 12.1. The second kappa shape index (κ2) is 6.36. The molecule has 0 aliphatic carbocycles. The maximum atomic E-state index is 12.1. The van der Waals surface area contributed by atoms with Crippen LogP contribution in [0.4, 0.5) is 4.79 Å². The first-order chi connectivity index (χ1) is 9.78. The second-order valence-electron chi connectivity index (χ2n) is 6.28. The van der Waals surface area contributed by atoms with E-state index in [1.807, 2.05) is 32.9 Å². The summed E-state index contributed by atoms with van der Waals surface area (Å²) in [6, 6.07) is 6.10. The van der Waals surface area contributed by atoms with Crippen molar-refractivity contribution >= 4 is 22.0 Å². The van der Waals surface area contributed by atoms with Crippen LogP contribution >= 0.6 is 15.9 Å². The van der Waals surface area contributed by atoms with Crippen LogP contribution in [0.15, 0.2) is 22.7 Å². The molecular formula is C16H22BrNO3. The van der Waals surface area contributed by atoms with Crippen LogP contribution in [0.1, 0.15) is 38.0 Å². The summed E-state index contributed by atoms with van der Waals surface area (Å²) in [7, 11) is 1.74. The Bertz CT molecular complexity index is 525. The fourth-order valence-corrected chi connectivity index (χ4v) is 2.93. The van der Waals surface area contributed by atoms with Crippen LogP contribution in [0.5, 0.6) is 0 Å². The first-order valence-electron chi connectivity index (χ1n) is 7.11. The molecular weight excluding hydrogens is 334 g/mol. The largest absolute Gasteiger partial charge is 0.444 e. The predicted octanol–water partition coefficient (Wildman–Crippen LogP) is 3.93. The van der Waals surface area contributed by atoms with Gasteiger partial charge in [-0.15, -0.1) is 0 Å². The van der Waals surface area contributed by atoms with E-state index in [0.717, 1.165) is 16.5 Å². The smallest absolute Gasteiger partial charge is 0.410 e. The molecule has 0 spiro atoms. The molecule has 0 unspecified atom stereocenters. The van der Waals surface area contributed by atoms with Gasteiger partial charge in [0.05, 0.1) is 13.2 Å². The Morgan fingerprint density at radius 3 is 2.86 bits per heavy atom. The van der Waals surface area contributed by atoms with Gasteiger partial charge in [-0.3, -0.25) is 0 Å². The molecule has 1 amide bonds. The number of hydrogen-bond acceptors (Lipinski definition) is 3. The van der Waals surface area contributed by atoms with E-state index in [1.54, 1.807) is 11.9 Å². The van der Waals surface area contributed by atoms with Crippen LogP contribution in [0, 0.1) is 0 Å². The van der Waals surface area contributed by atoms with Crippen molar-refractivity contribution in [2.75, 3.05) is 20.2 Å². The SMILES string of the molecule is CN(C[C@@H]1OCCc2c(Br)cccc21)C(=O)OC(C)(C)C. The molecule has 1 aliphatic rings. The lowest BCUT2D eigenvalue weighted by atomic mass is 9.97. The summed E-state index contributed by atoms with van der Waals surface area (Å²) >= 11 is 3.58. The Morgan fingerprint density at radius 1 is 1.48 bits per heavy atom. The van der Waals surface area contributed by atoms with Gasteiger partial charge < -0.3 is 14.4 Å². The highest BCUT2D eigenvalue weighted by Gasteiger charge is 2.27. The summed E-state index contributed by atoms with van der Waals surface area (Å²) in [6.45, 7) is 6.74. The molecule has 21 heavy (non-hydrogen) atoms. The summed E-state index contributed by atoms with van der Waals surface area (Å²) in [6.07, 6.45) is 0.459. The van der Waals surface area contributed by atoms with Crippen molar-refractivity contribution in [3.05, 3.63) is 33.8 Å². The summed E-state index contributed by atoms with van der Waals surface area (Å²) in [4.78, 5) is 13.6. The van der Waals surface area contributed by atoms with Crippen LogP contribution in [0.3, 0.4) is 0 Å². The lowest BCUT2D eigenvalue weighted by Gasteiger charge is -2.31. The number of carbonyl (C=O) groups is 1. The number of halogens is 1. The molecule has 116 valence electrons. The molecule has 1 heterocycles. The Balaban J connectivity index is 2.08. The van der Waals surface area contributed by atoms with Crippen LogP contribution < -0.4 is 0 Å². The number of ether oxygens (including phenoxy) is 2. The number of likely N-dealkylation sites (N-methyl/N-ethyl adjacent to an activating group) is 1. The quantitative estimate of drug-likeness (QED) is 0.806. The monoisotopic (exact) mass is 355 g/mol. The molecule has 0 bridgehead atoms. The van der Waals surface area contributed by atoms with Crippen molar-refractivity contribution in [1.29, 1.82) is 0 Å². The zero-order valence-corrected chi connectivity index (χ0v) is 14.6. The van der Waals surface area contributed by atoms with E-state index in [-0.39, 0.29) is 12.2 Å². The van der Waals surface area contributed by atoms with Gasteiger partial charge in [-0.1, -0.05) is 28.1 Å². The van der Waals surface area contributed by atoms with Gasteiger partial charge in [0.1, 0.15) is 11.7 Å². The van der Waals surface area contributed by atoms with Gasteiger partial charge >= 0.3 is 6.09 Å². The molecule has 1 atom stereocenters. The van der Waals surface area contributed by atoms with Crippen molar-refractivity contribution in [2.24, 2.45) is 0 Å². The molecule has 0 saturated carbocycles. The fraction of sp³-hybridized carbons (Fsp3) is 0.562. The van der Waals surface area contributed by atoms with Crippen molar-refractivity contribution in [3.8, 4) is 0 Å². The zero-order valence-electron chi connectivity index (χ0n) is 13.0. The Morgan fingerprint density at radius 2 is 2.19 bits per heavy atom. The fourth-order valence-electron chi connectivity index (χ4n) is 2.35. The minimum Gasteiger partial charge on any atom is -0.444 e. The summed E-state index contributed by atoms with van der Waals surface area (Å²) in [5.41, 5.74) is 1.93.